The van der Waals surface area contributed by atoms with Crippen LogP contribution in [-0.2, 0) is 9.53 Å². The molecule has 5 nitrogen and oxygen atoms in total. The summed E-state index contributed by atoms with van der Waals surface area (Å²) < 4.78 is 19.2. The summed E-state index contributed by atoms with van der Waals surface area (Å²) in [5, 5.41) is 6.31. The number of benzene rings is 2. The van der Waals surface area contributed by atoms with E-state index in [4.69, 9.17) is 9.84 Å². The van der Waals surface area contributed by atoms with Crippen LogP contribution in [0, 0.1) is 12.7 Å². The predicted octanol–water partition coefficient (Wildman–Crippen LogP) is 3.92. The van der Waals surface area contributed by atoms with E-state index in [0.717, 1.165) is 29.9 Å². The summed E-state index contributed by atoms with van der Waals surface area (Å²) in [7, 11) is 0. The van der Waals surface area contributed by atoms with Gasteiger partial charge in [0.25, 0.3) is 5.91 Å². The molecule has 30 heavy (non-hydrogen) atoms. The SMILES string of the molecule is Cc1ccc(C2=NN(C(=O)CN3CC(C)OC(C)C3)C(c3ccc(F)cc3)C2)cc1. The number of amides is 1. The maximum absolute atomic E-state index is 13.5. The number of aryl methyl sites for hydroxylation is 1. The molecule has 0 N–H and O–H groups in total. The number of halogens is 1. The Morgan fingerprint density at radius 1 is 1.07 bits per heavy atom. The molecule has 1 fully saturated rings. The summed E-state index contributed by atoms with van der Waals surface area (Å²) >= 11 is 0. The van der Waals surface area contributed by atoms with E-state index in [1.807, 2.05) is 45.0 Å². The first-order valence-corrected chi connectivity index (χ1v) is 10.5. The van der Waals surface area contributed by atoms with Gasteiger partial charge in [-0.1, -0.05) is 42.0 Å². The summed E-state index contributed by atoms with van der Waals surface area (Å²) in [4.78, 5) is 15.4. The van der Waals surface area contributed by atoms with Crippen molar-refractivity contribution in [3.05, 3.63) is 71.0 Å². The number of rotatable bonds is 4. The Bertz CT molecular complexity index is 916. The zero-order valence-electron chi connectivity index (χ0n) is 17.7. The van der Waals surface area contributed by atoms with Crippen molar-refractivity contribution in [2.24, 2.45) is 5.10 Å². The summed E-state index contributed by atoms with van der Waals surface area (Å²) in [6.45, 7) is 7.83. The van der Waals surface area contributed by atoms with Crippen LogP contribution in [-0.4, -0.2) is 53.4 Å². The lowest BCUT2D eigenvalue weighted by Crippen LogP contribution is -2.49. The van der Waals surface area contributed by atoms with Gasteiger partial charge in [-0.3, -0.25) is 9.69 Å². The van der Waals surface area contributed by atoms with Gasteiger partial charge in [-0.25, -0.2) is 9.40 Å². The van der Waals surface area contributed by atoms with E-state index < -0.39 is 0 Å². The molecule has 0 saturated carbocycles. The van der Waals surface area contributed by atoms with Crippen molar-refractivity contribution >= 4 is 11.6 Å². The van der Waals surface area contributed by atoms with E-state index in [9.17, 15) is 9.18 Å². The minimum atomic E-state index is -0.286. The summed E-state index contributed by atoms with van der Waals surface area (Å²) in [5.74, 6) is -0.335. The summed E-state index contributed by atoms with van der Waals surface area (Å²) in [5.41, 5.74) is 3.95. The summed E-state index contributed by atoms with van der Waals surface area (Å²) in [6, 6.07) is 14.3. The highest BCUT2D eigenvalue weighted by Gasteiger charge is 2.34. The monoisotopic (exact) mass is 409 g/mol. The molecule has 0 radical (unpaired) electrons. The molecule has 2 aromatic rings. The highest BCUT2D eigenvalue weighted by molar-refractivity contribution is 6.03. The molecule has 2 heterocycles. The van der Waals surface area contributed by atoms with Gasteiger partial charge in [-0.05, 0) is 44.0 Å². The van der Waals surface area contributed by atoms with Gasteiger partial charge in [0.05, 0.1) is 30.5 Å². The number of morpholine rings is 1. The average Bonchev–Trinajstić information content (AvgIpc) is 3.14. The molecule has 2 aromatic carbocycles. The van der Waals surface area contributed by atoms with Crippen LogP contribution in [0.4, 0.5) is 4.39 Å². The Kier molecular flexibility index (Phi) is 5.97. The van der Waals surface area contributed by atoms with Gasteiger partial charge < -0.3 is 4.74 Å². The number of nitrogens with zero attached hydrogens (tertiary/aromatic N) is 3. The van der Waals surface area contributed by atoms with Crippen molar-refractivity contribution < 1.29 is 13.9 Å². The van der Waals surface area contributed by atoms with E-state index >= 15 is 0 Å². The largest absolute Gasteiger partial charge is 0.373 e. The van der Waals surface area contributed by atoms with Crippen molar-refractivity contribution in [1.29, 1.82) is 0 Å². The van der Waals surface area contributed by atoms with Crippen LogP contribution in [0.2, 0.25) is 0 Å². The van der Waals surface area contributed by atoms with Crippen LogP contribution in [0.3, 0.4) is 0 Å². The molecule has 0 aliphatic carbocycles. The maximum atomic E-state index is 13.5. The second kappa shape index (κ2) is 8.66. The third kappa shape index (κ3) is 4.60. The normalized spacial score (nSPS) is 24.7. The van der Waals surface area contributed by atoms with Crippen LogP contribution in [0.15, 0.2) is 53.6 Å². The molecule has 0 aromatic heterocycles. The quantitative estimate of drug-likeness (QED) is 0.769. The van der Waals surface area contributed by atoms with E-state index in [0.29, 0.717) is 13.0 Å². The van der Waals surface area contributed by atoms with E-state index in [1.165, 1.54) is 17.7 Å². The van der Waals surface area contributed by atoms with Crippen LogP contribution in [0.1, 0.15) is 43.0 Å². The highest BCUT2D eigenvalue weighted by Crippen LogP contribution is 2.33. The fourth-order valence-electron chi connectivity index (χ4n) is 4.28. The molecular weight excluding hydrogens is 381 g/mol. The van der Waals surface area contributed by atoms with E-state index in [1.54, 1.807) is 17.1 Å². The number of hydrogen-bond donors (Lipinski definition) is 0. The summed E-state index contributed by atoms with van der Waals surface area (Å²) in [6.07, 6.45) is 0.801. The molecule has 1 amide bonds. The van der Waals surface area contributed by atoms with Gasteiger partial charge in [-0.2, -0.15) is 5.10 Å². The Labute approximate surface area is 177 Å². The van der Waals surface area contributed by atoms with Gasteiger partial charge in [-0.15, -0.1) is 0 Å². The smallest absolute Gasteiger partial charge is 0.257 e. The lowest BCUT2D eigenvalue weighted by molar-refractivity contribution is -0.137. The van der Waals surface area contributed by atoms with Crippen LogP contribution < -0.4 is 0 Å². The van der Waals surface area contributed by atoms with Crippen molar-refractivity contribution in [2.45, 2.75) is 45.4 Å². The molecular formula is C24H28FN3O2. The van der Waals surface area contributed by atoms with E-state index in [2.05, 4.69) is 4.90 Å². The van der Waals surface area contributed by atoms with Crippen LogP contribution >= 0.6 is 0 Å². The molecule has 0 bridgehead atoms. The number of ether oxygens (including phenoxy) is 1. The zero-order valence-corrected chi connectivity index (χ0v) is 17.7. The molecule has 158 valence electrons. The van der Waals surface area contributed by atoms with Crippen LogP contribution in [0.25, 0.3) is 0 Å². The molecule has 2 aliphatic rings. The van der Waals surface area contributed by atoms with Gasteiger partial charge in [0.2, 0.25) is 0 Å². The van der Waals surface area contributed by atoms with Crippen molar-refractivity contribution in [2.75, 3.05) is 19.6 Å². The van der Waals surface area contributed by atoms with Gasteiger partial charge in [0, 0.05) is 19.5 Å². The Morgan fingerprint density at radius 2 is 1.70 bits per heavy atom. The van der Waals surface area contributed by atoms with Crippen LogP contribution in [0.5, 0.6) is 0 Å². The average molecular weight is 410 g/mol. The highest BCUT2D eigenvalue weighted by atomic mass is 19.1. The maximum Gasteiger partial charge on any atom is 0.257 e. The first-order chi connectivity index (χ1) is 14.4. The number of hydrazone groups is 1. The third-order valence-electron chi connectivity index (χ3n) is 5.66. The Hall–Kier alpha value is -2.57. The second-order valence-corrected chi connectivity index (χ2v) is 8.37. The Balaban J connectivity index is 1.58. The molecule has 6 heteroatoms. The standard InChI is InChI=1S/C24H28FN3O2/c1-16-4-6-19(7-5-16)22-12-23(20-8-10-21(25)11-9-20)28(26-22)24(29)15-27-13-17(2)30-18(3)14-27/h4-11,17-18,23H,12-15H2,1-3H3. The third-order valence-corrected chi connectivity index (χ3v) is 5.66. The first kappa shape index (κ1) is 20.7. The topological polar surface area (TPSA) is 45.1 Å². The molecule has 1 saturated heterocycles. The lowest BCUT2D eigenvalue weighted by Gasteiger charge is -2.35. The predicted molar refractivity (Wildman–Crippen MR) is 115 cm³/mol. The molecule has 0 spiro atoms. The molecule has 3 atom stereocenters. The van der Waals surface area contributed by atoms with Gasteiger partial charge in [0.1, 0.15) is 5.82 Å². The van der Waals surface area contributed by atoms with Gasteiger partial charge in [0.15, 0.2) is 0 Å². The zero-order chi connectivity index (χ0) is 21.3. The van der Waals surface area contributed by atoms with Crippen molar-refractivity contribution in [3.63, 3.8) is 0 Å². The molecule has 2 aliphatic heterocycles. The first-order valence-electron chi connectivity index (χ1n) is 10.5. The minimum absolute atomic E-state index is 0.0484. The fraction of sp³-hybridized carbons (Fsp3) is 0.417. The fourth-order valence-corrected chi connectivity index (χ4v) is 4.28. The minimum Gasteiger partial charge on any atom is -0.373 e. The van der Waals surface area contributed by atoms with Crippen molar-refractivity contribution in [3.8, 4) is 0 Å². The second-order valence-electron chi connectivity index (χ2n) is 8.37. The lowest BCUT2D eigenvalue weighted by atomic mass is 9.98. The number of carbonyl (C=O) groups is 1. The Morgan fingerprint density at radius 3 is 2.33 bits per heavy atom. The molecule has 4 rings (SSSR count). The van der Waals surface area contributed by atoms with Crippen molar-refractivity contribution in [1.82, 2.24) is 9.91 Å². The molecule has 3 unspecified atom stereocenters. The number of carbonyl (C=O) groups excluding carboxylic acids is 1. The van der Waals surface area contributed by atoms with Gasteiger partial charge >= 0.3 is 0 Å². The van der Waals surface area contributed by atoms with E-state index in [-0.39, 0.29) is 30.0 Å². The number of hydrogen-bond acceptors (Lipinski definition) is 4.